The van der Waals surface area contributed by atoms with Crippen molar-refractivity contribution in [3.8, 4) is 11.4 Å². The molecule has 1 aromatic carbocycles. The Hall–Kier alpha value is -3.35. The Bertz CT molecular complexity index is 1030. The third-order valence-electron chi connectivity index (χ3n) is 4.13. The second kappa shape index (κ2) is 5.94. The normalized spacial score (nSPS) is 11.0. The van der Waals surface area contributed by atoms with Gasteiger partial charge in [0.2, 0.25) is 0 Å². The van der Waals surface area contributed by atoms with E-state index in [0.29, 0.717) is 5.82 Å². The summed E-state index contributed by atoms with van der Waals surface area (Å²) in [6, 6.07) is 8.18. The lowest BCUT2D eigenvalue weighted by molar-refractivity contribution is 0.913. The van der Waals surface area contributed by atoms with Crippen LogP contribution in [0.5, 0.6) is 0 Å². The Morgan fingerprint density at radius 2 is 1.96 bits per heavy atom. The van der Waals surface area contributed by atoms with Crippen molar-refractivity contribution in [1.82, 2.24) is 23.9 Å². The number of benzene rings is 1. The molecule has 0 fully saturated rings. The van der Waals surface area contributed by atoms with Crippen molar-refractivity contribution in [3.05, 3.63) is 55.4 Å². The second-order valence-electron chi connectivity index (χ2n) is 6.07. The lowest BCUT2D eigenvalue weighted by Crippen LogP contribution is -2.08. The van der Waals surface area contributed by atoms with Gasteiger partial charge >= 0.3 is 0 Å². The highest BCUT2D eigenvalue weighted by Crippen LogP contribution is 2.26. The third kappa shape index (κ3) is 2.69. The summed E-state index contributed by atoms with van der Waals surface area (Å²) >= 11 is 0. The number of aromatic nitrogens is 5. The molecule has 0 aliphatic carbocycles. The minimum absolute atomic E-state index is 0.715. The first-order valence-electron chi connectivity index (χ1n) is 7.96. The SMILES string of the molecule is CN(C)c1cccc(Nc2nccn3c(-c4cncn4C)cnc23)c1. The molecule has 0 bridgehead atoms. The Balaban J connectivity index is 1.75. The molecule has 0 radical (unpaired) electrons. The number of nitrogens with zero attached hydrogens (tertiary/aromatic N) is 6. The van der Waals surface area contributed by atoms with Crippen LogP contribution in [0.3, 0.4) is 0 Å². The molecule has 0 unspecified atom stereocenters. The monoisotopic (exact) mass is 333 g/mol. The van der Waals surface area contributed by atoms with Gasteiger partial charge in [-0.15, -0.1) is 0 Å². The summed E-state index contributed by atoms with van der Waals surface area (Å²) in [4.78, 5) is 15.3. The standard InChI is InChI=1S/C18H19N7/c1-23(2)14-6-4-5-13(9-14)22-17-18-21-11-16(25(18)8-7-20-17)15-10-19-12-24(15)3/h4-12H,1-3H3,(H,20,22). The van der Waals surface area contributed by atoms with Crippen LogP contribution in [0, 0.1) is 0 Å². The Morgan fingerprint density at radius 1 is 1.08 bits per heavy atom. The summed E-state index contributed by atoms with van der Waals surface area (Å²) in [7, 11) is 6.01. The number of rotatable bonds is 4. The quantitative estimate of drug-likeness (QED) is 0.622. The number of nitrogens with one attached hydrogen (secondary N) is 1. The Kier molecular flexibility index (Phi) is 3.61. The van der Waals surface area contributed by atoms with Gasteiger partial charge in [-0.25, -0.2) is 15.0 Å². The zero-order valence-electron chi connectivity index (χ0n) is 14.4. The maximum atomic E-state index is 4.56. The number of imidazole rings is 2. The van der Waals surface area contributed by atoms with Crippen LogP contribution < -0.4 is 10.2 Å². The molecule has 0 saturated heterocycles. The highest BCUT2D eigenvalue weighted by Gasteiger charge is 2.12. The molecule has 3 aromatic heterocycles. The minimum atomic E-state index is 0.715. The summed E-state index contributed by atoms with van der Waals surface area (Å²) in [5.74, 6) is 0.715. The maximum Gasteiger partial charge on any atom is 0.180 e. The van der Waals surface area contributed by atoms with Gasteiger partial charge < -0.3 is 14.8 Å². The molecule has 4 rings (SSSR count). The van der Waals surface area contributed by atoms with E-state index in [1.165, 1.54) is 0 Å². The van der Waals surface area contributed by atoms with Gasteiger partial charge in [-0.3, -0.25) is 4.40 Å². The van der Waals surface area contributed by atoms with Gasteiger partial charge in [0.1, 0.15) is 0 Å². The van der Waals surface area contributed by atoms with Crippen molar-refractivity contribution in [1.29, 1.82) is 0 Å². The van der Waals surface area contributed by atoms with Gasteiger partial charge in [-0.1, -0.05) is 6.07 Å². The average molecular weight is 333 g/mol. The van der Waals surface area contributed by atoms with Crippen LogP contribution >= 0.6 is 0 Å². The predicted molar refractivity (Wildman–Crippen MR) is 99.2 cm³/mol. The smallest absolute Gasteiger partial charge is 0.180 e. The molecule has 25 heavy (non-hydrogen) atoms. The van der Waals surface area contributed by atoms with Crippen molar-refractivity contribution < 1.29 is 0 Å². The molecule has 4 aromatic rings. The van der Waals surface area contributed by atoms with Gasteiger partial charge in [0, 0.05) is 44.9 Å². The van der Waals surface area contributed by atoms with Crippen LogP contribution in [-0.4, -0.2) is 38.0 Å². The Morgan fingerprint density at radius 3 is 2.72 bits per heavy atom. The third-order valence-corrected chi connectivity index (χ3v) is 4.13. The summed E-state index contributed by atoms with van der Waals surface area (Å²) in [5, 5.41) is 3.37. The van der Waals surface area contributed by atoms with E-state index in [-0.39, 0.29) is 0 Å². The fraction of sp³-hybridized carbons (Fsp3) is 0.167. The van der Waals surface area contributed by atoms with Gasteiger partial charge in [-0.2, -0.15) is 0 Å². The molecule has 1 N–H and O–H groups in total. The summed E-state index contributed by atoms with van der Waals surface area (Å²) in [6.45, 7) is 0. The number of fused-ring (bicyclic) bond motifs is 1. The molecule has 7 nitrogen and oxygen atoms in total. The van der Waals surface area contributed by atoms with Crippen LogP contribution in [-0.2, 0) is 7.05 Å². The lowest BCUT2D eigenvalue weighted by Gasteiger charge is -2.14. The molecular weight excluding hydrogens is 314 g/mol. The molecule has 0 aliphatic rings. The van der Waals surface area contributed by atoms with Gasteiger partial charge in [-0.05, 0) is 18.2 Å². The molecule has 126 valence electrons. The second-order valence-corrected chi connectivity index (χ2v) is 6.07. The average Bonchev–Trinajstić information content (AvgIpc) is 3.21. The number of hydrogen-bond acceptors (Lipinski definition) is 5. The topological polar surface area (TPSA) is 63.3 Å². The highest BCUT2D eigenvalue weighted by atomic mass is 15.1. The van der Waals surface area contributed by atoms with E-state index in [1.54, 1.807) is 12.5 Å². The Labute approximate surface area is 145 Å². The summed E-state index contributed by atoms with van der Waals surface area (Å²) in [5.41, 5.74) is 4.84. The van der Waals surface area contributed by atoms with E-state index in [2.05, 4.69) is 37.3 Å². The largest absolute Gasteiger partial charge is 0.378 e. The summed E-state index contributed by atoms with van der Waals surface area (Å²) < 4.78 is 3.99. The van der Waals surface area contributed by atoms with E-state index in [0.717, 1.165) is 28.4 Å². The van der Waals surface area contributed by atoms with Crippen molar-refractivity contribution >= 4 is 22.8 Å². The lowest BCUT2D eigenvalue weighted by atomic mass is 10.2. The zero-order chi connectivity index (χ0) is 17.4. The van der Waals surface area contributed by atoms with E-state index in [1.807, 2.05) is 60.8 Å². The first-order chi connectivity index (χ1) is 12.1. The van der Waals surface area contributed by atoms with Crippen LogP contribution in [0.2, 0.25) is 0 Å². The molecule has 0 saturated carbocycles. The molecule has 0 atom stereocenters. The summed E-state index contributed by atoms with van der Waals surface area (Å²) in [6.07, 6.45) is 9.13. The van der Waals surface area contributed by atoms with Gasteiger partial charge in [0.15, 0.2) is 11.5 Å². The van der Waals surface area contributed by atoms with E-state index in [4.69, 9.17) is 0 Å². The maximum absolute atomic E-state index is 4.56. The van der Waals surface area contributed by atoms with E-state index < -0.39 is 0 Å². The molecule has 7 heteroatoms. The van der Waals surface area contributed by atoms with E-state index in [9.17, 15) is 0 Å². The van der Waals surface area contributed by atoms with Crippen molar-refractivity contribution in [2.45, 2.75) is 0 Å². The number of anilines is 3. The molecule has 0 spiro atoms. The minimum Gasteiger partial charge on any atom is -0.378 e. The molecule has 3 heterocycles. The number of hydrogen-bond donors (Lipinski definition) is 1. The van der Waals surface area contributed by atoms with Crippen molar-refractivity contribution in [3.63, 3.8) is 0 Å². The van der Waals surface area contributed by atoms with Crippen molar-refractivity contribution in [2.24, 2.45) is 7.05 Å². The van der Waals surface area contributed by atoms with E-state index >= 15 is 0 Å². The molecule has 0 aliphatic heterocycles. The first kappa shape index (κ1) is 15.2. The highest BCUT2D eigenvalue weighted by molar-refractivity contribution is 5.74. The first-order valence-corrected chi connectivity index (χ1v) is 7.96. The molecule has 0 amide bonds. The van der Waals surface area contributed by atoms with Crippen LogP contribution in [0.25, 0.3) is 17.0 Å². The molecular formula is C18H19N7. The van der Waals surface area contributed by atoms with Crippen molar-refractivity contribution in [2.75, 3.05) is 24.3 Å². The zero-order valence-corrected chi connectivity index (χ0v) is 14.4. The van der Waals surface area contributed by atoms with Crippen LogP contribution in [0.15, 0.2) is 55.4 Å². The van der Waals surface area contributed by atoms with Crippen LogP contribution in [0.1, 0.15) is 0 Å². The fourth-order valence-electron chi connectivity index (χ4n) is 2.80. The fourth-order valence-corrected chi connectivity index (χ4v) is 2.80. The number of aryl methyl sites for hydroxylation is 1. The van der Waals surface area contributed by atoms with Crippen LogP contribution in [0.4, 0.5) is 17.2 Å². The predicted octanol–water partition coefficient (Wildman–Crippen LogP) is 2.94. The van der Waals surface area contributed by atoms with Gasteiger partial charge in [0.25, 0.3) is 0 Å². The van der Waals surface area contributed by atoms with Gasteiger partial charge in [0.05, 0.1) is 30.1 Å².